The van der Waals surface area contributed by atoms with Crippen molar-refractivity contribution in [2.24, 2.45) is 7.05 Å². The van der Waals surface area contributed by atoms with Gasteiger partial charge in [0.2, 0.25) is 0 Å². The number of aromatic amines is 1. The van der Waals surface area contributed by atoms with Gasteiger partial charge in [0.05, 0.1) is 6.61 Å². The molecule has 7 nitrogen and oxygen atoms in total. The van der Waals surface area contributed by atoms with E-state index in [1.807, 2.05) is 16.7 Å². The van der Waals surface area contributed by atoms with Gasteiger partial charge in [0.15, 0.2) is 16.3 Å². The van der Waals surface area contributed by atoms with Gasteiger partial charge in [-0.2, -0.15) is 0 Å². The number of methoxy groups -OCH3 is 1. The number of benzene rings is 2. The predicted octanol–water partition coefficient (Wildman–Crippen LogP) is 2.52. The molecule has 0 spiro atoms. The molecule has 2 aromatic carbocycles. The van der Waals surface area contributed by atoms with E-state index in [0.717, 1.165) is 5.56 Å². The number of fused-ring (bicyclic) bond motifs is 2. The molecule has 4 aromatic rings. The Labute approximate surface area is 165 Å². The van der Waals surface area contributed by atoms with Crippen molar-refractivity contribution < 1.29 is 4.74 Å². The van der Waals surface area contributed by atoms with Crippen LogP contribution in [0.1, 0.15) is 5.56 Å². The molecule has 0 radical (unpaired) electrons. The lowest BCUT2D eigenvalue weighted by Gasteiger charge is -2.08. The van der Waals surface area contributed by atoms with Crippen LogP contribution in [-0.4, -0.2) is 32.8 Å². The van der Waals surface area contributed by atoms with E-state index in [2.05, 4.69) is 40.3 Å². The van der Waals surface area contributed by atoms with E-state index in [9.17, 15) is 9.59 Å². The first kappa shape index (κ1) is 18.5. The summed E-state index contributed by atoms with van der Waals surface area (Å²) in [6, 6.07) is 14.6. The molecule has 0 fully saturated rings. The summed E-state index contributed by atoms with van der Waals surface area (Å²) in [6.07, 6.45) is 0. The fourth-order valence-electron chi connectivity index (χ4n) is 3.19. The van der Waals surface area contributed by atoms with Crippen LogP contribution >= 0.6 is 11.8 Å². The standard InChI is InChI=1S/C20H20N4O3S/c1-23-17-16(18(25)22-19(23)26)24(9-10-27-2)20(21-17)28-12-13-7-8-14-5-3-4-6-15(14)11-13/h3-8,11H,9-10,12H2,1-2H3,(H,22,25,26). The van der Waals surface area contributed by atoms with E-state index < -0.39 is 11.2 Å². The second-order valence-corrected chi connectivity index (χ2v) is 7.44. The topological polar surface area (TPSA) is 81.9 Å². The second kappa shape index (κ2) is 7.65. The highest BCUT2D eigenvalue weighted by Crippen LogP contribution is 2.26. The molecule has 144 valence electrons. The summed E-state index contributed by atoms with van der Waals surface area (Å²) in [5, 5.41) is 3.07. The highest BCUT2D eigenvalue weighted by molar-refractivity contribution is 7.98. The highest BCUT2D eigenvalue weighted by Gasteiger charge is 2.17. The van der Waals surface area contributed by atoms with Crippen LogP contribution in [0.3, 0.4) is 0 Å². The van der Waals surface area contributed by atoms with Crippen LogP contribution in [0.5, 0.6) is 0 Å². The first-order chi connectivity index (χ1) is 13.6. The third-order valence-corrected chi connectivity index (χ3v) is 5.72. The fraction of sp³-hybridized carbons (Fsp3) is 0.250. The third kappa shape index (κ3) is 3.36. The van der Waals surface area contributed by atoms with Gasteiger partial charge in [0, 0.05) is 26.5 Å². The molecule has 2 aromatic heterocycles. The number of ether oxygens (including phenoxy) is 1. The molecule has 0 bridgehead atoms. The maximum Gasteiger partial charge on any atom is 0.329 e. The van der Waals surface area contributed by atoms with Gasteiger partial charge >= 0.3 is 5.69 Å². The summed E-state index contributed by atoms with van der Waals surface area (Å²) in [5.41, 5.74) is 1.03. The summed E-state index contributed by atoms with van der Waals surface area (Å²) in [7, 11) is 3.22. The van der Waals surface area contributed by atoms with Gasteiger partial charge in [-0.05, 0) is 16.3 Å². The first-order valence-electron chi connectivity index (χ1n) is 8.87. The molecule has 0 aliphatic carbocycles. The predicted molar refractivity (Wildman–Crippen MR) is 111 cm³/mol. The summed E-state index contributed by atoms with van der Waals surface area (Å²) in [4.78, 5) is 31.2. The Balaban J connectivity index is 1.72. The smallest absolute Gasteiger partial charge is 0.329 e. The molecule has 0 saturated heterocycles. The van der Waals surface area contributed by atoms with Crippen LogP contribution in [0.15, 0.2) is 57.2 Å². The molecule has 0 unspecified atom stereocenters. The van der Waals surface area contributed by atoms with Gasteiger partial charge in [-0.15, -0.1) is 0 Å². The van der Waals surface area contributed by atoms with Crippen LogP contribution in [0, 0.1) is 0 Å². The van der Waals surface area contributed by atoms with Crippen LogP contribution < -0.4 is 11.2 Å². The number of rotatable bonds is 6. The zero-order valence-electron chi connectivity index (χ0n) is 15.6. The van der Waals surface area contributed by atoms with Crippen molar-refractivity contribution in [1.82, 2.24) is 19.1 Å². The number of nitrogens with one attached hydrogen (secondary N) is 1. The Morgan fingerprint density at radius 2 is 1.93 bits per heavy atom. The number of hydrogen-bond donors (Lipinski definition) is 1. The van der Waals surface area contributed by atoms with Gasteiger partial charge in [-0.1, -0.05) is 54.2 Å². The summed E-state index contributed by atoms with van der Waals surface area (Å²) in [6.45, 7) is 0.922. The van der Waals surface area contributed by atoms with Crippen molar-refractivity contribution in [2.75, 3.05) is 13.7 Å². The van der Waals surface area contributed by atoms with Crippen molar-refractivity contribution in [3.05, 3.63) is 68.9 Å². The largest absolute Gasteiger partial charge is 0.383 e. The monoisotopic (exact) mass is 396 g/mol. The third-order valence-electron chi connectivity index (χ3n) is 4.67. The molecule has 8 heteroatoms. The van der Waals surface area contributed by atoms with E-state index in [4.69, 9.17) is 4.74 Å². The van der Waals surface area contributed by atoms with E-state index >= 15 is 0 Å². The maximum absolute atomic E-state index is 12.4. The second-order valence-electron chi connectivity index (χ2n) is 6.50. The van der Waals surface area contributed by atoms with Crippen LogP contribution in [-0.2, 0) is 24.1 Å². The molecular weight excluding hydrogens is 376 g/mol. The minimum Gasteiger partial charge on any atom is -0.383 e. The number of imidazole rings is 1. The molecule has 0 aliphatic heterocycles. The lowest BCUT2D eigenvalue weighted by atomic mass is 10.1. The van der Waals surface area contributed by atoms with E-state index in [1.54, 1.807) is 14.2 Å². The van der Waals surface area contributed by atoms with E-state index in [0.29, 0.717) is 35.2 Å². The van der Waals surface area contributed by atoms with Gasteiger partial charge in [0.1, 0.15) is 0 Å². The van der Waals surface area contributed by atoms with Crippen LogP contribution in [0.4, 0.5) is 0 Å². The van der Waals surface area contributed by atoms with Crippen molar-refractivity contribution in [1.29, 1.82) is 0 Å². The number of aromatic nitrogens is 4. The maximum atomic E-state index is 12.4. The lowest BCUT2D eigenvalue weighted by Crippen LogP contribution is -2.29. The number of nitrogens with zero attached hydrogens (tertiary/aromatic N) is 3. The van der Waals surface area contributed by atoms with Crippen LogP contribution in [0.2, 0.25) is 0 Å². The van der Waals surface area contributed by atoms with E-state index in [1.165, 1.54) is 27.1 Å². The molecule has 0 atom stereocenters. The molecule has 0 amide bonds. The lowest BCUT2D eigenvalue weighted by molar-refractivity contribution is 0.186. The van der Waals surface area contributed by atoms with E-state index in [-0.39, 0.29) is 0 Å². The SMILES string of the molecule is COCCn1c(SCc2ccc3ccccc3c2)nc2c1c(=O)[nH]c(=O)n2C. The Morgan fingerprint density at radius 1 is 1.14 bits per heavy atom. The summed E-state index contributed by atoms with van der Waals surface area (Å²) >= 11 is 1.54. The van der Waals surface area contributed by atoms with Crippen molar-refractivity contribution >= 4 is 33.7 Å². The summed E-state index contributed by atoms with van der Waals surface area (Å²) in [5.74, 6) is 0.701. The zero-order valence-corrected chi connectivity index (χ0v) is 16.5. The Hall–Kier alpha value is -2.84. The normalized spacial score (nSPS) is 11.5. The molecule has 4 rings (SSSR count). The van der Waals surface area contributed by atoms with Gasteiger partial charge < -0.3 is 9.30 Å². The minimum absolute atomic E-state index is 0.380. The molecule has 0 aliphatic rings. The Bertz CT molecular complexity index is 1270. The fourth-order valence-corrected chi connectivity index (χ4v) is 4.16. The van der Waals surface area contributed by atoms with Crippen molar-refractivity contribution in [3.8, 4) is 0 Å². The van der Waals surface area contributed by atoms with Gasteiger partial charge in [0.25, 0.3) is 5.56 Å². The zero-order chi connectivity index (χ0) is 19.7. The van der Waals surface area contributed by atoms with Crippen molar-refractivity contribution in [3.63, 3.8) is 0 Å². The number of hydrogen-bond acceptors (Lipinski definition) is 5. The molecular formula is C20H20N4O3S. The number of aryl methyl sites for hydroxylation is 1. The highest BCUT2D eigenvalue weighted by atomic mass is 32.2. The average Bonchev–Trinajstić information content (AvgIpc) is 3.08. The molecule has 28 heavy (non-hydrogen) atoms. The Morgan fingerprint density at radius 3 is 2.71 bits per heavy atom. The van der Waals surface area contributed by atoms with Crippen molar-refractivity contribution in [2.45, 2.75) is 17.5 Å². The number of thioether (sulfide) groups is 1. The number of H-pyrrole nitrogens is 1. The quantitative estimate of drug-likeness (QED) is 0.507. The molecule has 2 heterocycles. The molecule has 0 saturated carbocycles. The molecule has 1 N–H and O–H groups in total. The average molecular weight is 396 g/mol. The van der Waals surface area contributed by atoms with Gasteiger partial charge in [-0.3, -0.25) is 14.3 Å². The first-order valence-corrected chi connectivity index (χ1v) is 9.86. The van der Waals surface area contributed by atoms with Crippen LogP contribution in [0.25, 0.3) is 21.9 Å². The summed E-state index contributed by atoms with van der Waals surface area (Å²) < 4.78 is 8.37. The van der Waals surface area contributed by atoms with Gasteiger partial charge in [-0.25, -0.2) is 9.78 Å². The Kier molecular flexibility index (Phi) is 5.06. The minimum atomic E-state index is -0.472.